The molecule has 1 atom stereocenters. The molecule has 0 bridgehead atoms. The third-order valence-electron chi connectivity index (χ3n) is 2.45. The summed E-state index contributed by atoms with van der Waals surface area (Å²) in [6.45, 7) is 2.47. The summed E-state index contributed by atoms with van der Waals surface area (Å²) in [4.78, 5) is 2.07. The molecule has 0 spiro atoms. The van der Waals surface area contributed by atoms with Crippen molar-refractivity contribution in [3.05, 3.63) is 28.2 Å². The van der Waals surface area contributed by atoms with Crippen LogP contribution in [0, 0.1) is 0 Å². The van der Waals surface area contributed by atoms with Crippen molar-refractivity contribution in [2.75, 3.05) is 40.3 Å². The van der Waals surface area contributed by atoms with Gasteiger partial charge in [-0.15, -0.1) is 0 Å². The highest BCUT2D eigenvalue weighted by Gasteiger charge is 2.06. The Kier molecular flexibility index (Phi) is 7.49. The molecule has 0 aliphatic rings. The van der Waals surface area contributed by atoms with Crippen LogP contribution < -0.4 is 10.1 Å². The molecule has 0 amide bonds. The van der Waals surface area contributed by atoms with Crippen molar-refractivity contribution in [2.24, 2.45) is 0 Å². The molecular formula is C13H20Cl2N2O2. The third kappa shape index (κ3) is 6.99. The molecule has 2 N–H and O–H groups in total. The van der Waals surface area contributed by atoms with Crippen LogP contribution in [0.1, 0.15) is 0 Å². The SMILES string of the molecule is CN(C)CCNCC(O)COc1ccc(Cl)c(Cl)c1. The van der Waals surface area contributed by atoms with E-state index in [0.29, 0.717) is 22.3 Å². The lowest BCUT2D eigenvalue weighted by Crippen LogP contribution is -2.35. The monoisotopic (exact) mass is 306 g/mol. The summed E-state index contributed by atoms with van der Waals surface area (Å²) < 4.78 is 5.44. The van der Waals surface area contributed by atoms with E-state index in [0.717, 1.165) is 13.1 Å². The molecule has 1 aromatic rings. The van der Waals surface area contributed by atoms with E-state index in [1.54, 1.807) is 18.2 Å². The van der Waals surface area contributed by atoms with Crippen molar-refractivity contribution in [1.29, 1.82) is 0 Å². The van der Waals surface area contributed by atoms with Crippen LogP contribution in [0.3, 0.4) is 0 Å². The van der Waals surface area contributed by atoms with Crippen molar-refractivity contribution in [3.63, 3.8) is 0 Å². The number of nitrogens with zero attached hydrogens (tertiary/aromatic N) is 1. The summed E-state index contributed by atoms with van der Waals surface area (Å²) >= 11 is 11.7. The van der Waals surface area contributed by atoms with E-state index in [4.69, 9.17) is 27.9 Å². The topological polar surface area (TPSA) is 44.7 Å². The maximum Gasteiger partial charge on any atom is 0.121 e. The molecule has 1 aromatic carbocycles. The fraction of sp³-hybridized carbons (Fsp3) is 0.538. The van der Waals surface area contributed by atoms with Gasteiger partial charge < -0.3 is 20.1 Å². The molecule has 4 nitrogen and oxygen atoms in total. The second-order valence-electron chi connectivity index (χ2n) is 4.55. The van der Waals surface area contributed by atoms with Crippen LogP contribution >= 0.6 is 23.2 Å². The highest BCUT2D eigenvalue weighted by Crippen LogP contribution is 2.26. The second-order valence-corrected chi connectivity index (χ2v) is 5.36. The van der Waals surface area contributed by atoms with Gasteiger partial charge >= 0.3 is 0 Å². The quantitative estimate of drug-likeness (QED) is 0.720. The zero-order valence-electron chi connectivity index (χ0n) is 11.2. The number of likely N-dealkylation sites (N-methyl/N-ethyl adjacent to an activating group) is 1. The smallest absolute Gasteiger partial charge is 0.121 e. The summed E-state index contributed by atoms with van der Waals surface area (Å²) in [6, 6.07) is 5.03. The maximum atomic E-state index is 9.74. The number of rotatable bonds is 8. The molecule has 0 saturated carbocycles. The molecule has 0 radical (unpaired) electrons. The first-order valence-corrected chi connectivity index (χ1v) is 6.86. The van der Waals surface area contributed by atoms with Gasteiger partial charge in [-0.3, -0.25) is 0 Å². The Hall–Kier alpha value is -0.520. The molecule has 0 fully saturated rings. The third-order valence-corrected chi connectivity index (χ3v) is 3.19. The second kappa shape index (κ2) is 8.61. The number of hydrogen-bond donors (Lipinski definition) is 2. The first-order valence-electron chi connectivity index (χ1n) is 6.10. The number of nitrogens with one attached hydrogen (secondary N) is 1. The minimum Gasteiger partial charge on any atom is -0.491 e. The van der Waals surface area contributed by atoms with Gasteiger partial charge in [-0.25, -0.2) is 0 Å². The largest absolute Gasteiger partial charge is 0.491 e. The maximum absolute atomic E-state index is 9.74. The minimum absolute atomic E-state index is 0.215. The van der Waals surface area contributed by atoms with Crippen LogP contribution in [0.5, 0.6) is 5.75 Å². The van der Waals surface area contributed by atoms with Gasteiger partial charge in [0.05, 0.1) is 10.0 Å². The van der Waals surface area contributed by atoms with E-state index in [-0.39, 0.29) is 6.61 Å². The van der Waals surface area contributed by atoms with E-state index in [2.05, 4.69) is 10.2 Å². The molecule has 0 aliphatic heterocycles. The van der Waals surface area contributed by atoms with Gasteiger partial charge in [0.15, 0.2) is 0 Å². The number of ether oxygens (including phenoxy) is 1. The van der Waals surface area contributed by atoms with Gasteiger partial charge in [0, 0.05) is 25.7 Å². The van der Waals surface area contributed by atoms with Gasteiger partial charge in [-0.2, -0.15) is 0 Å². The molecule has 108 valence electrons. The lowest BCUT2D eigenvalue weighted by Gasteiger charge is -2.15. The number of benzene rings is 1. The predicted molar refractivity (Wildman–Crippen MR) is 79.4 cm³/mol. The predicted octanol–water partition coefficient (Wildman–Crippen LogP) is 1.88. The highest BCUT2D eigenvalue weighted by atomic mass is 35.5. The average Bonchev–Trinajstić information content (AvgIpc) is 2.36. The van der Waals surface area contributed by atoms with E-state index in [9.17, 15) is 5.11 Å². The first kappa shape index (κ1) is 16.5. The standard InChI is InChI=1S/C13H20Cl2N2O2/c1-17(2)6-5-16-8-10(18)9-19-11-3-4-12(14)13(15)7-11/h3-4,7,10,16,18H,5-6,8-9H2,1-2H3. The molecule has 0 heterocycles. The van der Waals surface area contributed by atoms with Crippen molar-refractivity contribution in [2.45, 2.75) is 6.10 Å². The number of hydrogen-bond acceptors (Lipinski definition) is 4. The first-order chi connectivity index (χ1) is 8.99. The fourth-order valence-electron chi connectivity index (χ4n) is 1.39. The van der Waals surface area contributed by atoms with Gasteiger partial charge in [-0.05, 0) is 26.2 Å². The normalized spacial score (nSPS) is 12.7. The molecule has 1 unspecified atom stereocenters. The minimum atomic E-state index is -0.559. The van der Waals surface area contributed by atoms with Crippen LogP contribution in [-0.4, -0.2) is 56.4 Å². The Balaban J connectivity index is 2.22. The molecule has 0 saturated heterocycles. The molecule has 1 rings (SSSR count). The zero-order chi connectivity index (χ0) is 14.3. The van der Waals surface area contributed by atoms with Crippen LogP contribution in [0.25, 0.3) is 0 Å². The Morgan fingerprint density at radius 1 is 1.32 bits per heavy atom. The van der Waals surface area contributed by atoms with Crippen LogP contribution in [0.2, 0.25) is 10.0 Å². The van der Waals surface area contributed by atoms with Gasteiger partial charge in [0.25, 0.3) is 0 Å². The van der Waals surface area contributed by atoms with Crippen LogP contribution in [0.15, 0.2) is 18.2 Å². The van der Waals surface area contributed by atoms with E-state index >= 15 is 0 Å². The fourth-order valence-corrected chi connectivity index (χ4v) is 1.68. The zero-order valence-corrected chi connectivity index (χ0v) is 12.7. The van der Waals surface area contributed by atoms with E-state index < -0.39 is 6.10 Å². The van der Waals surface area contributed by atoms with Crippen LogP contribution in [0.4, 0.5) is 0 Å². The Morgan fingerprint density at radius 3 is 2.68 bits per heavy atom. The summed E-state index contributed by atoms with van der Waals surface area (Å²) in [5, 5.41) is 13.8. The molecule has 0 aliphatic carbocycles. The summed E-state index contributed by atoms with van der Waals surface area (Å²) in [7, 11) is 4.01. The van der Waals surface area contributed by atoms with Crippen LogP contribution in [-0.2, 0) is 0 Å². The van der Waals surface area contributed by atoms with Gasteiger partial charge in [0.2, 0.25) is 0 Å². The number of aliphatic hydroxyl groups is 1. The number of halogens is 2. The van der Waals surface area contributed by atoms with E-state index in [1.165, 1.54) is 0 Å². The lowest BCUT2D eigenvalue weighted by atomic mass is 10.3. The van der Waals surface area contributed by atoms with Crippen molar-refractivity contribution in [3.8, 4) is 5.75 Å². The van der Waals surface area contributed by atoms with Gasteiger partial charge in [0.1, 0.15) is 18.5 Å². The van der Waals surface area contributed by atoms with E-state index in [1.807, 2.05) is 14.1 Å². The Morgan fingerprint density at radius 2 is 2.05 bits per heavy atom. The average molecular weight is 307 g/mol. The molecule has 19 heavy (non-hydrogen) atoms. The Bertz CT molecular complexity index is 389. The lowest BCUT2D eigenvalue weighted by molar-refractivity contribution is 0.106. The molecule has 6 heteroatoms. The summed E-state index contributed by atoms with van der Waals surface area (Å²) in [5.41, 5.74) is 0. The molecular weight excluding hydrogens is 287 g/mol. The number of aliphatic hydroxyl groups excluding tert-OH is 1. The Labute approximate surface area is 124 Å². The highest BCUT2D eigenvalue weighted by molar-refractivity contribution is 6.42. The summed E-state index contributed by atoms with van der Waals surface area (Å²) in [6.07, 6.45) is -0.559. The van der Waals surface area contributed by atoms with Crippen molar-refractivity contribution < 1.29 is 9.84 Å². The summed E-state index contributed by atoms with van der Waals surface area (Å²) in [5.74, 6) is 0.599. The van der Waals surface area contributed by atoms with Gasteiger partial charge in [-0.1, -0.05) is 23.2 Å². The van der Waals surface area contributed by atoms with Crippen molar-refractivity contribution in [1.82, 2.24) is 10.2 Å². The van der Waals surface area contributed by atoms with Crippen molar-refractivity contribution >= 4 is 23.2 Å². The molecule has 0 aromatic heterocycles.